The maximum absolute atomic E-state index is 13.2. The molecule has 2 saturated heterocycles. The summed E-state index contributed by atoms with van der Waals surface area (Å²) < 4.78 is 1.62. The van der Waals surface area contributed by atoms with E-state index in [0.717, 1.165) is 17.7 Å². The van der Waals surface area contributed by atoms with Crippen LogP contribution in [0.1, 0.15) is 62.9 Å². The molecule has 0 unspecified atom stereocenters. The fourth-order valence-electron chi connectivity index (χ4n) is 5.58. The Balaban J connectivity index is 1.36. The van der Waals surface area contributed by atoms with Gasteiger partial charge >= 0.3 is 0 Å². The second kappa shape index (κ2) is 11.3. The first kappa shape index (κ1) is 29.1. The zero-order valence-electron chi connectivity index (χ0n) is 22.9. The highest BCUT2D eigenvalue weighted by atomic mass is 16.4. The van der Waals surface area contributed by atoms with Gasteiger partial charge in [0.2, 0.25) is 17.7 Å². The summed E-state index contributed by atoms with van der Waals surface area (Å²) in [6.45, 7) is 3.33. The van der Waals surface area contributed by atoms with E-state index in [9.17, 15) is 39.0 Å². The number of carboxylic acid groups (broad SMARTS) is 2. The van der Waals surface area contributed by atoms with Crippen LogP contribution in [0.15, 0.2) is 18.3 Å². The van der Waals surface area contributed by atoms with Crippen LogP contribution in [0.2, 0.25) is 0 Å². The van der Waals surface area contributed by atoms with Gasteiger partial charge in [0, 0.05) is 57.2 Å². The number of rotatable bonds is 10. The van der Waals surface area contributed by atoms with E-state index in [1.54, 1.807) is 43.8 Å². The van der Waals surface area contributed by atoms with Crippen LogP contribution in [0.25, 0.3) is 0 Å². The first-order valence-electron chi connectivity index (χ1n) is 13.5. The van der Waals surface area contributed by atoms with Crippen LogP contribution in [0.3, 0.4) is 0 Å². The maximum atomic E-state index is 13.2. The molecule has 4 rings (SSSR count). The topological polar surface area (TPSA) is 184 Å². The number of carboxylic acids is 2. The monoisotopic (exact) mass is 557 g/mol. The van der Waals surface area contributed by atoms with Crippen molar-refractivity contribution in [2.75, 3.05) is 13.1 Å². The summed E-state index contributed by atoms with van der Waals surface area (Å²) in [4.78, 5) is 77.1. The fourth-order valence-corrected chi connectivity index (χ4v) is 5.58. The highest BCUT2D eigenvalue weighted by Gasteiger charge is 2.42. The molecular formula is C27H35N5O8-2. The van der Waals surface area contributed by atoms with E-state index in [2.05, 4.69) is 10.6 Å². The Bertz CT molecular complexity index is 1210. The summed E-state index contributed by atoms with van der Waals surface area (Å²) in [6, 6.07) is -0.213. The average Bonchev–Trinajstić information content (AvgIpc) is 3.26. The summed E-state index contributed by atoms with van der Waals surface area (Å²) in [5.41, 5.74) is -0.554. The molecule has 40 heavy (non-hydrogen) atoms. The number of nitrogens with one attached hydrogen (secondary N) is 2. The number of hydrogen-bond acceptors (Lipinski definition) is 8. The molecule has 0 bridgehead atoms. The maximum Gasteiger partial charge on any atom is 0.268 e. The van der Waals surface area contributed by atoms with Crippen LogP contribution in [0.4, 0.5) is 0 Å². The van der Waals surface area contributed by atoms with E-state index >= 15 is 0 Å². The lowest BCUT2D eigenvalue weighted by Crippen LogP contribution is -2.49. The SMILES string of the molecule is Cn1cccc1C(=O)N[C@H]1C[C@@H](C(=O)[O-])N(C(=O)CC(C)(C)CC(=O)N2C[C@@H](NC(=O)C3CC3)C[C@H]2C(=O)[O-])C1. The molecule has 0 radical (unpaired) electrons. The van der Waals surface area contributed by atoms with E-state index in [-0.39, 0.29) is 50.6 Å². The van der Waals surface area contributed by atoms with E-state index in [1.165, 1.54) is 4.90 Å². The van der Waals surface area contributed by atoms with Crippen LogP contribution in [-0.4, -0.2) is 87.2 Å². The normalized spacial score (nSPS) is 24.6. The van der Waals surface area contributed by atoms with Crippen molar-refractivity contribution in [2.45, 2.75) is 76.5 Å². The third-order valence-corrected chi connectivity index (χ3v) is 7.85. The fraction of sp³-hybridized carbons (Fsp3) is 0.630. The molecule has 3 fully saturated rings. The van der Waals surface area contributed by atoms with E-state index in [1.807, 2.05) is 0 Å². The Kier molecular flexibility index (Phi) is 8.22. The summed E-state index contributed by atoms with van der Waals surface area (Å²) in [6.07, 6.45) is 2.96. The van der Waals surface area contributed by atoms with E-state index < -0.39 is 59.2 Å². The lowest BCUT2D eigenvalue weighted by Gasteiger charge is -2.32. The van der Waals surface area contributed by atoms with Gasteiger partial charge < -0.3 is 44.8 Å². The zero-order chi connectivity index (χ0) is 29.4. The number of nitrogens with zero attached hydrogens (tertiary/aromatic N) is 3. The van der Waals surface area contributed by atoms with Crippen LogP contribution >= 0.6 is 0 Å². The van der Waals surface area contributed by atoms with Gasteiger partial charge in [0.1, 0.15) is 5.69 Å². The molecule has 3 aliphatic rings. The average molecular weight is 558 g/mol. The highest BCUT2D eigenvalue weighted by Crippen LogP contribution is 2.32. The predicted octanol–water partition coefficient (Wildman–Crippen LogP) is -2.47. The molecule has 4 atom stereocenters. The molecule has 1 aromatic heterocycles. The first-order valence-corrected chi connectivity index (χ1v) is 13.5. The Morgan fingerprint density at radius 2 is 1.38 bits per heavy atom. The number of likely N-dealkylation sites (tertiary alicyclic amines) is 2. The van der Waals surface area contributed by atoms with Crippen molar-refractivity contribution in [3.8, 4) is 0 Å². The van der Waals surface area contributed by atoms with Crippen LogP contribution in [0.5, 0.6) is 0 Å². The van der Waals surface area contributed by atoms with Crippen molar-refractivity contribution < 1.29 is 39.0 Å². The van der Waals surface area contributed by atoms with Crippen LogP contribution in [-0.2, 0) is 31.0 Å². The van der Waals surface area contributed by atoms with Crippen molar-refractivity contribution >= 4 is 35.6 Å². The molecule has 13 nitrogen and oxygen atoms in total. The molecule has 0 spiro atoms. The highest BCUT2D eigenvalue weighted by molar-refractivity contribution is 5.93. The largest absolute Gasteiger partial charge is 0.548 e. The number of aromatic nitrogens is 1. The zero-order valence-corrected chi connectivity index (χ0v) is 22.9. The summed E-state index contributed by atoms with van der Waals surface area (Å²) in [5, 5.41) is 29.1. The van der Waals surface area contributed by atoms with Gasteiger partial charge in [-0.2, -0.15) is 0 Å². The van der Waals surface area contributed by atoms with Gasteiger partial charge in [-0.3, -0.25) is 19.2 Å². The molecule has 2 N–H and O–H groups in total. The summed E-state index contributed by atoms with van der Waals surface area (Å²) >= 11 is 0. The second-order valence-electron chi connectivity index (χ2n) is 11.9. The lowest BCUT2D eigenvalue weighted by molar-refractivity contribution is -0.311. The van der Waals surface area contributed by atoms with Gasteiger partial charge in [-0.05, 0) is 43.2 Å². The molecule has 3 heterocycles. The molecule has 218 valence electrons. The Morgan fingerprint density at radius 3 is 1.80 bits per heavy atom. The van der Waals surface area contributed by atoms with Gasteiger partial charge in [-0.25, -0.2) is 0 Å². The molecule has 4 amide bonds. The van der Waals surface area contributed by atoms with Crippen molar-refractivity contribution in [3.63, 3.8) is 0 Å². The quantitative estimate of drug-likeness (QED) is 0.317. The lowest BCUT2D eigenvalue weighted by atomic mass is 9.84. The minimum atomic E-state index is -1.44. The number of carbonyl (C=O) groups is 6. The molecule has 2 aliphatic heterocycles. The van der Waals surface area contributed by atoms with Crippen LogP contribution in [0, 0.1) is 11.3 Å². The van der Waals surface area contributed by atoms with Crippen molar-refractivity contribution in [1.82, 2.24) is 25.0 Å². The summed E-state index contributed by atoms with van der Waals surface area (Å²) in [5.74, 6) is -4.47. The molecule has 13 heteroatoms. The van der Waals surface area contributed by atoms with Crippen molar-refractivity contribution in [2.24, 2.45) is 18.4 Å². The second-order valence-corrected chi connectivity index (χ2v) is 11.9. The molecule has 1 aliphatic carbocycles. The van der Waals surface area contributed by atoms with E-state index in [4.69, 9.17) is 0 Å². The standard InChI is InChI=1S/C27H37N5O8/c1-27(2,11-21(33)31-13-16(9-19(31)25(37)38)28-23(35)15-6-7-15)12-22(34)32-14-17(10-20(32)26(39)40)29-24(36)18-5-4-8-30(18)3/h4-5,8,15-17,19-20H,6-7,9-14H2,1-3H3,(H,28,35)(H,29,36)(H,37,38)(H,39,40)/p-2/t16-,17-,19-,20-/m0/s1. The number of aliphatic carboxylic acids is 2. The Labute approximate surface area is 231 Å². The smallest absolute Gasteiger partial charge is 0.268 e. The number of hydrogen-bond donors (Lipinski definition) is 2. The minimum absolute atomic E-state index is 0.0152. The third-order valence-electron chi connectivity index (χ3n) is 7.85. The van der Waals surface area contributed by atoms with Gasteiger partial charge in [-0.15, -0.1) is 0 Å². The Morgan fingerprint density at radius 1 is 0.875 bits per heavy atom. The van der Waals surface area contributed by atoms with Gasteiger partial charge in [0.25, 0.3) is 5.91 Å². The molecule has 0 aromatic carbocycles. The third kappa shape index (κ3) is 6.62. The van der Waals surface area contributed by atoms with Gasteiger partial charge in [0.15, 0.2) is 0 Å². The number of aryl methyl sites for hydroxylation is 1. The van der Waals surface area contributed by atoms with Crippen molar-refractivity contribution in [3.05, 3.63) is 24.0 Å². The van der Waals surface area contributed by atoms with Crippen molar-refractivity contribution in [1.29, 1.82) is 0 Å². The molecule has 1 saturated carbocycles. The first-order chi connectivity index (χ1) is 18.8. The Hall–Kier alpha value is -3.90. The molecular weight excluding hydrogens is 522 g/mol. The minimum Gasteiger partial charge on any atom is -0.548 e. The van der Waals surface area contributed by atoms with E-state index in [0.29, 0.717) is 5.69 Å². The number of amides is 4. The van der Waals surface area contributed by atoms with Gasteiger partial charge in [0.05, 0.1) is 24.0 Å². The molecule has 1 aromatic rings. The number of carbonyl (C=O) groups excluding carboxylic acids is 6. The van der Waals surface area contributed by atoms with Gasteiger partial charge in [-0.1, -0.05) is 13.8 Å². The summed E-state index contributed by atoms with van der Waals surface area (Å²) in [7, 11) is 1.70. The predicted molar refractivity (Wildman–Crippen MR) is 135 cm³/mol. The van der Waals surface area contributed by atoms with Crippen LogP contribution < -0.4 is 20.8 Å².